The lowest BCUT2D eigenvalue weighted by molar-refractivity contribution is 0.234. The summed E-state index contributed by atoms with van der Waals surface area (Å²) < 4.78 is 5.71. The van der Waals surface area contributed by atoms with Gasteiger partial charge in [0.1, 0.15) is 5.75 Å². The van der Waals surface area contributed by atoms with Crippen LogP contribution in [0.1, 0.15) is 35.2 Å². The second-order valence-corrected chi connectivity index (χ2v) is 7.47. The van der Waals surface area contributed by atoms with E-state index in [1.165, 1.54) is 36.0 Å². The van der Waals surface area contributed by atoms with Crippen LogP contribution in [0.15, 0.2) is 36.5 Å². The minimum absolute atomic E-state index is 0.870. The smallest absolute Gasteiger partial charge is 0.123 e. The lowest BCUT2D eigenvalue weighted by atomic mass is 10.0. The molecule has 0 bridgehead atoms. The average molecular weight is 354 g/mol. The fraction of sp³-hybridized carbons (Fsp3) is 0.500. The summed E-state index contributed by atoms with van der Waals surface area (Å²) in [5, 5.41) is 0. The number of methoxy groups -OCH3 is 1. The van der Waals surface area contributed by atoms with E-state index in [0.717, 1.165) is 44.0 Å². The largest absolute Gasteiger partial charge is 0.496 e. The van der Waals surface area contributed by atoms with Gasteiger partial charge in [-0.3, -0.25) is 9.88 Å². The van der Waals surface area contributed by atoms with Crippen molar-refractivity contribution < 1.29 is 4.74 Å². The summed E-state index contributed by atoms with van der Waals surface area (Å²) in [6, 6.07) is 10.8. The molecule has 2 aromatic rings. The Labute approximate surface area is 157 Å². The van der Waals surface area contributed by atoms with Crippen LogP contribution in [-0.2, 0) is 25.9 Å². The van der Waals surface area contributed by atoms with Gasteiger partial charge in [-0.15, -0.1) is 0 Å². The number of aromatic nitrogens is 1. The lowest BCUT2D eigenvalue weighted by Crippen LogP contribution is -2.27. The van der Waals surface area contributed by atoms with Crippen LogP contribution in [0.25, 0.3) is 0 Å². The summed E-state index contributed by atoms with van der Waals surface area (Å²) in [5.41, 5.74) is 5.40. The molecule has 1 aliphatic carbocycles. The fourth-order valence-electron chi connectivity index (χ4n) is 3.75. The third-order valence-electron chi connectivity index (χ3n) is 5.08. The van der Waals surface area contributed by atoms with Crippen molar-refractivity contribution in [1.82, 2.24) is 14.8 Å². The summed E-state index contributed by atoms with van der Waals surface area (Å²) in [6.45, 7) is 3.92. The van der Waals surface area contributed by atoms with Gasteiger partial charge in [0.05, 0.1) is 12.8 Å². The highest BCUT2D eigenvalue weighted by Crippen LogP contribution is 2.30. The van der Waals surface area contributed by atoms with E-state index in [4.69, 9.17) is 4.74 Å². The van der Waals surface area contributed by atoms with Crippen molar-refractivity contribution in [2.75, 3.05) is 34.3 Å². The van der Waals surface area contributed by atoms with E-state index < -0.39 is 0 Å². The van der Waals surface area contributed by atoms with E-state index in [1.807, 2.05) is 12.3 Å². The molecule has 1 aliphatic rings. The molecule has 0 N–H and O–H groups in total. The number of pyridine rings is 1. The molecule has 4 nitrogen and oxygen atoms in total. The molecule has 0 spiro atoms. The van der Waals surface area contributed by atoms with E-state index in [1.54, 1.807) is 7.11 Å². The van der Waals surface area contributed by atoms with Crippen LogP contribution in [0.3, 0.4) is 0 Å². The van der Waals surface area contributed by atoms with Gasteiger partial charge in [0.25, 0.3) is 0 Å². The quantitative estimate of drug-likeness (QED) is 0.689. The zero-order valence-electron chi connectivity index (χ0n) is 16.4. The van der Waals surface area contributed by atoms with Crippen molar-refractivity contribution in [1.29, 1.82) is 0 Å². The van der Waals surface area contributed by atoms with Gasteiger partial charge in [0.15, 0.2) is 0 Å². The Morgan fingerprint density at radius 3 is 2.54 bits per heavy atom. The molecule has 0 aliphatic heterocycles. The minimum Gasteiger partial charge on any atom is -0.496 e. The van der Waals surface area contributed by atoms with E-state index in [-0.39, 0.29) is 0 Å². The normalized spacial score (nSPS) is 13.4. The third kappa shape index (κ3) is 5.05. The summed E-state index contributed by atoms with van der Waals surface area (Å²) in [5.74, 6) is 1.03. The molecule has 0 unspecified atom stereocenters. The number of nitrogens with zero attached hydrogens (tertiary/aromatic N) is 3. The third-order valence-corrected chi connectivity index (χ3v) is 5.08. The van der Waals surface area contributed by atoms with Crippen molar-refractivity contribution >= 4 is 0 Å². The average Bonchev–Trinajstić information content (AvgIpc) is 3.08. The number of rotatable bonds is 9. The highest BCUT2D eigenvalue weighted by molar-refractivity contribution is 5.44. The van der Waals surface area contributed by atoms with Crippen molar-refractivity contribution in [3.8, 4) is 5.75 Å². The van der Waals surface area contributed by atoms with E-state index in [2.05, 4.69) is 53.1 Å². The molecule has 0 saturated carbocycles. The highest BCUT2D eigenvalue weighted by Gasteiger charge is 2.17. The molecule has 1 aromatic heterocycles. The Morgan fingerprint density at radius 2 is 1.85 bits per heavy atom. The number of hydrogen-bond acceptors (Lipinski definition) is 4. The standard InChI is InChI=1S/C22H31N3O/c1-24(2)12-7-13-25(17-21-10-4-5-11-23-21)16-20-14-18-8-6-9-19(18)15-22(20)26-3/h4-5,10-11,14-15H,6-9,12-13,16-17H2,1-3H3. The second kappa shape index (κ2) is 9.15. The molecule has 26 heavy (non-hydrogen) atoms. The van der Waals surface area contributed by atoms with Crippen LogP contribution in [0, 0.1) is 0 Å². The zero-order valence-corrected chi connectivity index (χ0v) is 16.4. The first-order chi connectivity index (χ1) is 12.7. The molecule has 4 heteroatoms. The monoisotopic (exact) mass is 353 g/mol. The number of aryl methyl sites for hydroxylation is 2. The van der Waals surface area contributed by atoms with Crippen molar-refractivity contribution in [3.05, 3.63) is 58.9 Å². The Bertz CT molecular complexity index is 700. The van der Waals surface area contributed by atoms with Gasteiger partial charge in [-0.05, 0) is 75.6 Å². The van der Waals surface area contributed by atoms with Crippen molar-refractivity contribution in [2.45, 2.75) is 38.8 Å². The Kier molecular flexibility index (Phi) is 6.64. The predicted molar refractivity (Wildman–Crippen MR) is 107 cm³/mol. The van der Waals surface area contributed by atoms with Crippen LogP contribution in [0.4, 0.5) is 0 Å². The first-order valence-corrected chi connectivity index (χ1v) is 9.61. The Morgan fingerprint density at radius 1 is 1.04 bits per heavy atom. The van der Waals surface area contributed by atoms with Gasteiger partial charge in [-0.1, -0.05) is 12.1 Å². The molecule has 3 rings (SSSR count). The minimum atomic E-state index is 0.870. The van der Waals surface area contributed by atoms with Gasteiger partial charge in [0.2, 0.25) is 0 Å². The molecule has 140 valence electrons. The SMILES string of the molecule is COc1cc2c(cc1CN(CCCN(C)C)Cc1ccccn1)CCC2. The maximum Gasteiger partial charge on any atom is 0.123 e. The Hall–Kier alpha value is -1.91. The predicted octanol–water partition coefficient (Wildman–Crippen LogP) is 3.53. The van der Waals surface area contributed by atoms with E-state index >= 15 is 0 Å². The number of hydrogen-bond donors (Lipinski definition) is 0. The number of benzene rings is 1. The molecular formula is C22H31N3O. The van der Waals surface area contributed by atoms with Gasteiger partial charge in [-0.2, -0.15) is 0 Å². The molecule has 0 amide bonds. The lowest BCUT2D eigenvalue weighted by Gasteiger charge is -2.24. The molecular weight excluding hydrogens is 322 g/mol. The van der Waals surface area contributed by atoms with Gasteiger partial charge in [0, 0.05) is 31.4 Å². The van der Waals surface area contributed by atoms with Crippen LogP contribution in [-0.4, -0.2) is 49.1 Å². The summed E-state index contributed by atoms with van der Waals surface area (Å²) in [7, 11) is 6.05. The Balaban J connectivity index is 1.75. The van der Waals surface area contributed by atoms with Crippen LogP contribution < -0.4 is 4.74 Å². The number of ether oxygens (including phenoxy) is 1. The summed E-state index contributed by atoms with van der Waals surface area (Å²) >= 11 is 0. The van der Waals surface area contributed by atoms with Gasteiger partial charge in [-0.25, -0.2) is 0 Å². The molecule has 0 atom stereocenters. The van der Waals surface area contributed by atoms with Crippen LogP contribution in [0.5, 0.6) is 5.75 Å². The molecule has 0 fully saturated rings. The van der Waals surface area contributed by atoms with Crippen molar-refractivity contribution in [2.24, 2.45) is 0 Å². The van der Waals surface area contributed by atoms with Gasteiger partial charge >= 0.3 is 0 Å². The van der Waals surface area contributed by atoms with E-state index in [0.29, 0.717) is 0 Å². The topological polar surface area (TPSA) is 28.6 Å². The molecule has 0 saturated heterocycles. The molecule has 1 heterocycles. The van der Waals surface area contributed by atoms with Gasteiger partial charge < -0.3 is 9.64 Å². The first-order valence-electron chi connectivity index (χ1n) is 9.61. The van der Waals surface area contributed by atoms with Crippen LogP contribution >= 0.6 is 0 Å². The second-order valence-electron chi connectivity index (χ2n) is 7.47. The first kappa shape index (κ1) is 18.9. The highest BCUT2D eigenvalue weighted by atomic mass is 16.5. The summed E-state index contributed by atoms with van der Waals surface area (Å²) in [6.07, 6.45) is 6.68. The van der Waals surface area contributed by atoms with E-state index in [9.17, 15) is 0 Å². The number of fused-ring (bicyclic) bond motifs is 1. The zero-order chi connectivity index (χ0) is 18.4. The molecule has 1 aromatic carbocycles. The maximum atomic E-state index is 5.71. The maximum absolute atomic E-state index is 5.71. The van der Waals surface area contributed by atoms with Crippen molar-refractivity contribution in [3.63, 3.8) is 0 Å². The summed E-state index contributed by atoms with van der Waals surface area (Å²) in [4.78, 5) is 9.26. The van der Waals surface area contributed by atoms with Crippen LogP contribution in [0.2, 0.25) is 0 Å². The fourth-order valence-corrected chi connectivity index (χ4v) is 3.75. The molecule has 0 radical (unpaired) electrons.